The number of hydrogen-bond donors (Lipinski definition) is 1. The van der Waals surface area contributed by atoms with Gasteiger partial charge < -0.3 is 15.1 Å². The van der Waals surface area contributed by atoms with Gasteiger partial charge >= 0.3 is 0 Å². The molecule has 8 nitrogen and oxygen atoms in total. The molecular formula is C19H24N6O2. The van der Waals surface area contributed by atoms with Crippen LogP contribution in [0.15, 0.2) is 43.0 Å². The number of nitrogens with one attached hydrogen (secondary N) is 1. The van der Waals surface area contributed by atoms with Crippen molar-refractivity contribution in [1.82, 2.24) is 25.2 Å². The van der Waals surface area contributed by atoms with Gasteiger partial charge in [0.2, 0.25) is 17.8 Å². The fourth-order valence-electron chi connectivity index (χ4n) is 2.96. The summed E-state index contributed by atoms with van der Waals surface area (Å²) in [5.41, 5.74) is -0.237. The Morgan fingerprint density at radius 1 is 1.07 bits per heavy atom. The fraction of sp³-hybridized carbons (Fsp3) is 0.421. The molecule has 142 valence electrons. The largest absolute Gasteiger partial charge is 0.351 e. The number of anilines is 1. The maximum atomic E-state index is 12.9. The van der Waals surface area contributed by atoms with Gasteiger partial charge in [0.05, 0.1) is 0 Å². The van der Waals surface area contributed by atoms with Gasteiger partial charge in [0, 0.05) is 57.5 Å². The molecule has 0 bridgehead atoms. The predicted molar refractivity (Wildman–Crippen MR) is 101 cm³/mol. The van der Waals surface area contributed by atoms with Crippen LogP contribution in [0.4, 0.5) is 5.95 Å². The summed E-state index contributed by atoms with van der Waals surface area (Å²) in [6, 6.07) is 5.47. The van der Waals surface area contributed by atoms with Crippen molar-refractivity contribution in [3.05, 3.63) is 48.5 Å². The third kappa shape index (κ3) is 4.39. The Balaban J connectivity index is 1.55. The summed E-state index contributed by atoms with van der Waals surface area (Å²) < 4.78 is 0. The minimum atomic E-state index is -1.13. The molecule has 3 rings (SSSR count). The van der Waals surface area contributed by atoms with Crippen molar-refractivity contribution >= 4 is 17.8 Å². The highest BCUT2D eigenvalue weighted by molar-refractivity contribution is 6.04. The Hall–Kier alpha value is -3.03. The van der Waals surface area contributed by atoms with Crippen LogP contribution in [0.1, 0.15) is 19.4 Å². The highest BCUT2D eigenvalue weighted by atomic mass is 16.2. The number of carbonyl (C=O) groups is 2. The molecule has 0 unspecified atom stereocenters. The number of pyridine rings is 1. The Kier molecular flexibility index (Phi) is 5.63. The standard InChI is InChI=1S/C19H24N6O2/c1-19(2,16(26)23-14-15-5-3-6-20-13-15)17(27)24-9-11-25(12-10-24)18-21-7-4-8-22-18/h3-8,13H,9-12,14H2,1-2H3,(H,23,26). The molecule has 1 fully saturated rings. The number of piperazine rings is 1. The second kappa shape index (κ2) is 8.11. The van der Waals surface area contributed by atoms with E-state index >= 15 is 0 Å². The third-order valence-corrected chi connectivity index (χ3v) is 4.68. The second-order valence-electron chi connectivity index (χ2n) is 7.00. The molecule has 1 aliphatic heterocycles. The molecule has 0 aliphatic carbocycles. The van der Waals surface area contributed by atoms with Crippen LogP contribution < -0.4 is 10.2 Å². The molecule has 8 heteroatoms. The number of rotatable bonds is 5. The topological polar surface area (TPSA) is 91.3 Å². The van der Waals surface area contributed by atoms with E-state index in [1.807, 2.05) is 17.0 Å². The van der Waals surface area contributed by atoms with Gasteiger partial charge in [0.1, 0.15) is 5.41 Å². The molecule has 1 aliphatic rings. The lowest BCUT2D eigenvalue weighted by Gasteiger charge is -2.38. The molecule has 3 heterocycles. The molecule has 0 atom stereocenters. The number of carbonyl (C=O) groups excluding carboxylic acids is 2. The zero-order chi connectivity index (χ0) is 19.3. The van der Waals surface area contributed by atoms with Crippen molar-refractivity contribution in [3.63, 3.8) is 0 Å². The lowest BCUT2D eigenvalue weighted by molar-refractivity contribution is -0.148. The first-order valence-electron chi connectivity index (χ1n) is 8.97. The molecule has 2 aromatic heterocycles. The van der Waals surface area contributed by atoms with Crippen molar-refractivity contribution in [3.8, 4) is 0 Å². The Morgan fingerprint density at radius 2 is 1.78 bits per heavy atom. The zero-order valence-corrected chi connectivity index (χ0v) is 15.6. The summed E-state index contributed by atoms with van der Waals surface area (Å²) in [5, 5.41) is 2.84. The van der Waals surface area contributed by atoms with E-state index in [9.17, 15) is 9.59 Å². The Morgan fingerprint density at radius 3 is 2.41 bits per heavy atom. The molecule has 1 N–H and O–H groups in total. The van der Waals surface area contributed by atoms with Crippen LogP contribution in [0.2, 0.25) is 0 Å². The van der Waals surface area contributed by atoms with E-state index in [2.05, 4.69) is 20.3 Å². The van der Waals surface area contributed by atoms with Gasteiger partial charge in [-0.25, -0.2) is 9.97 Å². The first-order chi connectivity index (χ1) is 13.0. The second-order valence-corrected chi connectivity index (χ2v) is 7.00. The smallest absolute Gasteiger partial charge is 0.237 e. The highest BCUT2D eigenvalue weighted by Crippen LogP contribution is 2.21. The van der Waals surface area contributed by atoms with E-state index in [1.165, 1.54) is 0 Å². The molecule has 0 saturated carbocycles. The van der Waals surface area contributed by atoms with Gasteiger partial charge in [-0.1, -0.05) is 6.07 Å². The molecule has 1 saturated heterocycles. The van der Waals surface area contributed by atoms with Gasteiger partial charge in [-0.3, -0.25) is 14.6 Å². The van der Waals surface area contributed by atoms with E-state index in [0.717, 1.165) is 5.56 Å². The van der Waals surface area contributed by atoms with Crippen molar-refractivity contribution in [2.24, 2.45) is 5.41 Å². The molecule has 0 aromatic carbocycles. The molecule has 2 amide bonds. The van der Waals surface area contributed by atoms with Crippen molar-refractivity contribution < 1.29 is 9.59 Å². The SMILES string of the molecule is CC(C)(C(=O)NCc1cccnc1)C(=O)N1CCN(c2ncccn2)CC1. The van der Waals surface area contributed by atoms with E-state index in [0.29, 0.717) is 38.7 Å². The summed E-state index contributed by atoms with van der Waals surface area (Å²) in [5.74, 6) is 0.211. The van der Waals surface area contributed by atoms with Gasteiger partial charge in [-0.2, -0.15) is 0 Å². The maximum absolute atomic E-state index is 12.9. The maximum Gasteiger partial charge on any atom is 0.237 e. The number of aromatic nitrogens is 3. The molecule has 0 radical (unpaired) electrons. The van der Waals surface area contributed by atoms with Gasteiger partial charge in [-0.15, -0.1) is 0 Å². The summed E-state index contributed by atoms with van der Waals surface area (Å²) in [7, 11) is 0. The quantitative estimate of drug-likeness (QED) is 0.787. The third-order valence-electron chi connectivity index (χ3n) is 4.68. The molecule has 0 spiro atoms. The normalized spacial score (nSPS) is 14.7. The summed E-state index contributed by atoms with van der Waals surface area (Å²) in [6.45, 7) is 6.04. The van der Waals surface area contributed by atoms with Crippen LogP contribution in [0.25, 0.3) is 0 Å². The summed E-state index contributed by atoms with van der Waals surface area (Å²) in [6.07, 6.45) is 6.78. The minimum absolute atomic E-state index is 0.167. The average molecular weight is 368 g/mol. The predicted octanol–water partition coefficient (Wildman–Crippen LogP) is 0.863. The van der Waals surface area contributed by atoms with Crippen LogP contribution in [-0.2, 0) is 16.1 Å². The Bertz CT molecular complexity index is 773. The van der Waals surface area contributed by atoms with E-state index in [-0.39, 0.29) is 11.8 Å². The van der Waals surface area contributed by atoms with Crippen LogP contribution in [0.3, 0.4) is 0 Å². The zero-order valence-electron chi connectivity index (χ0n) is 15.6. The Labute approximate surface area is 158 Å². The van der Waals surface area contributed by atoms with E-state index in [4.69, 9.17) is 0 Å². The fourth-order valence-corrected chi connectivity index (χ4v) is 2.96. The summed E-state index contributed by atoms with van der Waals surface area (Å²) in [4.78, 5) is 41.8. The van der Waals surface area contributed by atoms with E-state index in [1.54, 1.807) is 49.6 Å². The van der Waals surface area contributed by atoms with Gasteiger partial charge in [-0.05, 0) is 31.5 Å². The first kappa shape index (κ1) is 18.8. The van der Waals surface area contributed by atoms with Crippen molar-refractivity contribution in [2.45, 2.75) is 20.4 Å². The monoisotopic (exact) mass is 368 g/mol. The number of amides is 2. The van der Waals surface area contributed by atoms with Crippen LogP contribution in [-0.4, -0.2) is 57.8 Å². The molecule has 27 heavy (non-hydrogen) atoms. The van der Waals surface area contributed by atoms with Gasteiger partial charge in [0.25, 0.3) is 0 Å². The van der Waals surface area contributed by atoms with Crippen molar-refractivity contribution in [1.29, 1.82) is 0 Å². The highest BCUT2D eigenvalue weighted by Gasteiger charge is 2.40. The van der Waals surface area contributed by atoms with Crippen LogP contribution >= 0.6 is 0 Å². The van der Waals surface area contributed by atoms with Crippen LogP contribution in [0.5, 0.6) is 0 Å². The number of nitrogens with zero attached hydrogens (tertiary/aromatic N) is 5. The number of hydrogen-bond acceptors (Lipinski definition) is 6. The minimum Gasteiger partial charge on any atom is -0.351 e. The lowest BCUT2D eigenvalue weighted by atomic mass is 9.90. The average Bonchev–Trinajstić information content (AvgIpc) is 2.73. The van der Waals surface area contributed by atoms with Crippen molar-refractivity contribution in [2.75, 3.05) is 31.1 Å². The lowest BCUT2D eigenvalue weighted by Crippen LogP contribution is -2.55. The first-order valence-corrected chi connectivity index (χ1v) is 8.97. The van der Waals surface area contributed by atoms with E-state index < -0.39 is 5.41 Å². The molecule has 2 aromatic rings. The van der Waals surface area contributed by atoms with Crippen LogP contribution in [0, 0.1) is 5.41 Å². The summed E-state index contributed by atoms with van der Waals surface area (Å²) >= 11 is 0. The van der Waals surface area contributed by atoms with Gasteiger partial charge in [0.15, 0.2) is 0 Å². The molecular weight excluding hydrogens is 344 g/mol.